The molecule has 0 amide bonds. The van der Waals surface area contributed by atoms with E-state index in [9.17, 15) is 0 Å². The summed E-state index contributed by atoms with van der Waals surface area (Å²) < 4.78 is 0. The number of hydrogen-bond acceptors (Lipinski definition) is 3. The van der Waals surface area contributed by atoms with E-state index in [1.807, 2.05) is 16.8 Å². The van der Waals surface area contributed by atoms with Crippen molar-refractivity contribution >= 4 is 22.9 Å². The van der Waals surface area contributed by atoms with E-state index >= 15 is 0 Å². The van der Waals surface area contributed by atoms with Crippen LogP contribution in [-0.2, 0) is 13.0 Å². The predicted octanol–water partition coefficient (Wildman–Crippen LogP) is 2.77. The molecule has 0 saturated heterocycles. The molecule has 0 atom stereocenters. The summed E-state index contributed by atoms with van der Waals surface area (Å²) >= 11 is 1.63. The van der Waals surface area contributed by atoms with E-state index in [-0.39, 0.29) is 0 Å². The minimum atomic E-state index is 0.588. The summed E-state index contributed by atoms with van der Waals surface area (Å²) in [6, 6.07) is 8.39. The predicted molar refractivity (Wildman–Crippen MR) is 81.2 cm³/mol. The highest BCUT2D eigenvalue weighted by atomic mass is 32.1. The summed E-state index contributed by atoms with van der Waals surface area (Å²) in [5.41, 5.74) is 10.8. The Morgan fingerprint density at radius 1 is 1.32 bits per heavy atom. The van der Waals surface area contributed by atoms with Crippen LogP contribution in [0, 0.1) is 0 Å². The normalized spacial score (nSPS) is 16.4. The Kier molecular flexibility index (Phi) is 3.36. The van der Waals surface area contributed by atoms with Crippen molar-refractivity contribution < 1.29 is 0 Å². The van der Waals surface area contributed by atoms with Crippen molar-refractivity contribution in [1.29, 1.82) is 0 Å². The van der Waals surface area contributed by atoms with Crippen molar-refractivity contribution in [3.8, 4) is 0 Å². The molecule has 1 aromatic carbocycles. The first kappa shape index (κ1) is 12.4. The van der Waals surface area contributed by atoms with Gasteiger partial charge in [0.25, 0.3) is 0 Å². The zero-order valence-electron chi connectivity index (χ0n) is 11.0. The van der Waals surface area contributed by atoms with Crippen LogP contribution in [0.4, 0.5) is 5.69 Å². The van der Waals surface area contributed by atoms with Crippen LogP contribution in [0.3, 0.4) is 0 Å². The molecule has 2 heterocycles. The number of likely N-dealkylation sites (N-methyl/N-ethyl adjacent to an activating group) is 1. The number of nitrogens with zero attached hydrogens (tertiary/aromatic N) is 2. The number of aliphatic imine (C=N–C) groups is 1. The molecule has 0 bridgehead atoms. The van der Waals surface area contributed by atoms with Crippen LogP contribution in [0.15, 0.2) is 40.0 Å². The lowest BCUT2D eigenvalue weighted by molar-refractivity contribution is 0.313. The van der Waals surface area contributed by atoms with Gasteiger partial charge in [0, 0.05) is 24.0 Å². The molecule has 0 fully saturated rings. The average molecular weight is 271 g/mol. The highest BCUT2D eigenvalue weighted by molar-refractivity contribution is 7.08. The molecular formula is C15H17N3S. The number of amidine groups is 1. The van der Waals surface area contributed by atoms with E-state index in [2.05, 4.69) is 35.1 Å². The number of fused-ring (bicyclic) bond motifs is 1. The van der Waals surface area contributed by atoms with Crippen LogP contribution in [0.25, 0.3) is 0 Å². The zero-order valence-corrected chi connectivity index (χ0v) is 11.8. The fourth-order valence-electron chi connectivity index (χ4n) is 2.37. The summed E-state index contributed by atoms with van der Waals surface area (Å²) in [5, 5.41) is 4.03. The molecule has 0 saturated carbocycles. The number of nitrogens with two attached hydrogens (primary N) is 1. The van der Waals surface area contributed by atoms with E-state index in [1.54, 1.807) is 11.3 Å². The topological polar surface area (TPSA) is 41.6 Å². The standard InChI is InChI=1S/C15H17N3S/c1-18-6-4-11-2-3-14(8-13(11)9-18)17-15(16)12-5-7-19-10-12/h2-3,5,7-8,10H,4,6,9H2,1H3,(H2,16,17). The van der Waals surface area contributed by atoms with Gasteiger partial charge in [-0.05, 0) is 48.2 Å². The van der Waals surface area contributed by atoms with Crippen LogP contribution in [-0.4, -0.2) is 24.3 Å². The second-order valence-corrected chi connectivity index (χ2v) is 5.73. The molecule has 0 spiro atoms. The smallest absolute Gasteiger partial charge is 0.132 e. The lowest BCUT2D eigenvalue weighted by atomic mass is 9.99. The van der Waals surface area contributed by atoms with Crippen LogP contribution in [0.1, 0.15) is 16.7 Å². The number of benzene rings is 1. The largest absolute Gasteiger partial charge is 0.383 e. The zero-order chi connectivity index (χ0) is 13.2. The summed E-state index contributed by atoms with van der Waals surface area (Å²) in [5.74, 6) is 0.588. The number of hydrogen-bond donors (Lipinski definition) is 1. The lowest BCUT2D eigenvalue weighted by Crippen LogP contribution is -2.26. The van der Waals surface area contributed by atoms with E-state index in [0.29, 0.717) is 5.84 Å². The Morgan fingerprint density at radius 3 is 3.00 bits per heavy atom. The summed E-state index contributed by atoms with van der Waals surface area (Å²) in [6.07, 6.45) is 1.12. The van der Waals surface area contributed by atoms with Crippen molar-refractivity contribution in [2.75, 3.05) is 13.6 Å². The lowest BCUT2D eigenvalue weighted by Gasteiger charge is -2.24. The summed E-state index contributed by atoms with van der Waals surface area (Å²) in [6.45, 7) is 2.13. The third kappa shape index (κ3) is 2.69. The van der Waals surface area contributed by atoms with Gasteiger partial charge >= 0.3 is 0 Å². The van der Waals surface area contributed by atoms with Crippen LogP contribution >= 0.6 is 11.3 Å². The Bertz CT molecular complexity index is 602. The minimum Gasteiger partial charge on any atom is -0.383 e. The van der Waals surface area contributed by atoms with Crippen molar-refractivity contribution in [1.82, 2.24) is 4.90 Å². The van der Waals surface area contributed by atoms with E-state index < -0.39 is 0 Å². The number of thiophene rings is 1. The van der Waals surface area contributed by atoms with Crippen LogP contribution in [0.5, 0.6) is 0 Å². The first-order valence-corrected chi connectivity index (χ1v) is 7.34. The second kappa shape index (κ2) is 5.15. The van der Waals surface area contributed by atoms with E-state index in [0.717, 1.165) is 30.8 Å². The molecule has 1 aromatic heterocycles. The molecule has 0 aliphatic carbocycles. The molecule has 3 rings (SSSR count). The number of rotatable bonds is 2. The van der Waals surface area contributed by atoms with Gasteiger partial charge in [0.1, 0.15) is 5.84 Å². The molecular weight excluding hydrogens is 254 g/mol. The molecule has 2 aromatic rings. The second-order valence-electron chi connectivity index (χ2n) is 4.95. The van der Waals surface area contributed by atoms with Gasteiger partial charge in [-0.3, -0.25) is 0 Å². The van der Waals surface area contributed by atoms with Gasteiger partial charge in [-0.1, -0.05) is 6.07 Å². The minimum absolute atomic E-state index is 0.588. The first-order valence-electron chi connectivity index (χ1n) is 6.39. The van der Waals surface area contributed by atoms with Crippen LogP contribution in [0.2, 0.25) is 0 Å². The Hall–Kier alpha value is -1.65. The van der Waals surface area contributed by atoms with E-state index in [1.165, 1.54) is 11.1 Å². The van der Waals surface area contributed by atoms with Gasteiger partial charge in [-0.25, -0.2) is 4.99 Å². The van der Waals surface area contributed by atoms with Crippen molar-refractivity contribution in [2.24, 2.45) is 10.7 Å². The molecule has 2 N–H and O–H groups in total. The fourth-order valence-corrected chi connectivity index (χ4v) is 3.02. The summed E-state index contributed by atoms with van der Waals surface area (Å²) in [4.78, 5) is 6.85. The monoisotopic (exact) mass is 271 g/mol. The summed E-state index contributed by atoms with van der Waals surface area (Å²) in [7, 11) is 2.15. The van der Waals surface area contributed by atoms with Gasteiger partial charge in [-0.15, -0.1) is 0 Å². The van der Waals surface area contributed by atoms with Gasteiger partial charge in [0.2, 0.25) is 0 Å². The van der Waals surface area contributed by atoms with Crippen molar-refractivity contribution in [2.45, 2.75) is 13.0 Å². The Morgan fingerprint density at radius 2 is 2.21 bits per heavy atom. The third-order valence-electron chi connectivity index (χ3n) is 3.46. The molecule has 19 heavy (non-hydrogen) atoms. The molecule has 1 aliphatic rings. The average Bonchev–Trinajstić information content (AvgIpc) is 2.92. The quantitative estimate of drug-likeness (QED) is 0.674. The van der Waals surface area contributed by atoms with Crippen LogP contribution < -0.4 is 5.73 Å². The van der Waals surface area contributed by atoms with E-state index in [4.69, 9.17) is 5.73 Å². The Labute approximate surface area is 117 Å². The van der Waals surface area contributed by atoms with Gasteiger partial charge in [0.15, 0.2) is 0 Å². The molecule has 0 unspecified atom stereocenters. The molecule has 3 nitrogen and oxygen atoms in total. The maximum Gasteiger partial charge on any atom is 0.132 e. The van der Waals surface area contributed by atoms with Gasteiger partial charge < -0.3 is 10.6 Å². The third-order valence-corrected chi connectivity index (χ3v) is 4.14. The van der Waals surface area contributed by atoms with Crippen molar-refractivity contribution in [3.05, 3.63) is 51.7 Å². The fraction of sp³-hybridized carbons (Fsp3) is 0.267. The SMILES string of the molecule is CN1CCc2ccc(N=C(N)c3ccsc3)cc2C1. The molecule has 0 radical (unpaired) electrons. The first-order chi connectivity index (χ1) is 9.22. The highest BCUT2D eigenvalue weighted by Gasteiger charge is 2.13. The Balaban J connectivity index is 1.90. The molecule has 1 aliphatic heterocycles. The maximum absolute atomic E-state index is 6.02. The maximum atomic E-state index is 6.02. The highest BCUT2D eigenvalue weighted by Crippen LogP contribution is 2.24. The van der Waals surface area contributed by atoms with Gasteiger partial charge in [-0.2, -0.15) is 11.3 Å². The molecule has 4 heteroatoms. The van der Waals surface area contributed by atoms with Gasteiger partial charge in [0.05, 0.1) is 5.69 Å². The van der Waals surface area contributed by atoms with Crippen molar-refractivity contribution in [3.63, 3.8) is 0 Å². The molecule has 98 valence electrons.